The zero-order valence-corrected chi connectivity index (χ0v) is 9.55. The van der Waals surface area contributed by atoms with Gasteiger partial charge in [0.2, 0.25) is 0 Å². The summed E-state index contributed by atoms with van der Waals surface area (Å²) in [5.41, 5.74) is 4.19. The van der Waals surface area contributed by atoms with Gasteiger partial charge in [-0.05, 0) is 50.2 Å². The molecule has 0 saturated heterocycles. The molecule has 1 heteroatoms. The van der Waals surface area contributed by atoms with E-state index in [-0.39, 0.29) is 0 Å². The maximum atomic E-state index is 11.2. The van der Waals surface area contributed by atoms with Gasteiger partial charge in [-0.3, -0.25) is 0 Å². The molecule has 0 spiro atoms. The fourth-order valence-corrected chi connectivity index (χ4v) is 2.58. The number of ketones is 1. The maximum Gasteiger partial charge on any atom is 0.130 e. The molecular formula is C14H18O. The molecule has 1 aliphatic carbocycles. The van der Waals surface area contributed by atoms with E-state index in [4.69, 9.17) is 0 Å². The Morgan fingerprint density at radius 1 is 1.47 bits per heavy atom. The van der Waals surface area contributed by atoms with Crippen molar-refractivity contribution in [2.45, 2.75) is 45.4 Å². The first kappa shape index (κ1) is 10.4. The molecule has 0 bridgehead atoms. The highest BCUT2D eigenvalue weighted by Gasteiger charge is 2.21. The summed E-state index contributed by atoms with van der Waals surface area (Å²) >= 11 is 0. The smallest absolute Gasteiger partial charge is 0.130 e. The molecule has 0 radical (unpaired) electrons. The molecule has 1 aliphatic rings. The number of fused-ring (bicyclic) bond motifs is 1. The van der Waals surface area contributed by atoms with Gasteiger partial charge in [0.05, 0.1) is 0 Å². The normalized spacial score (nSPS) is 19.7. The molecule has 80 valence electrons. The van der Waals surface area contributed by atoms with Crippen molar-refractivity contribution in [3.05, 3.63) is 34.9 Å². The minimum atomic E-state index is 0.314. The molecule has 0 fully saturated rings. The van der Waals surface area contributed by atoms with E-state index >= 15 is 0 Å². The lowest BCUT2D eigenvalue weighted by Crippen LogP contribution is -2.12. The van der Waals surface area contributed by atoms with E-state index in [0.717, 1.165) is 6.42 Å². The first-order valence-corrected chi connectivity index (χ1v) is 5.75. The van der Waals surface area contributed by atoms with Crippen molar-refractivity contribution in [2.75, 3.05) is 0 Å². The van der Waals surface area contributed by atoms with Crippen LogP contribution >= 0.6 is 0 Å². The average Bonchev–Trinajstić information content (AvgIpc) is 2.18. The van der Waals surface area contributed by atoms with Crippen LogP contribution in [0.4, 0.5) is 0 Å². The SMILES string of the molecule is CC(=O)CC1CCCc2ccc(C)cc21. The van der Waals surface area contributed by atoms with E-state index in [0.29, 0.717) is 11.7 Å². The molecule has 1 nitrogen and oxygen atoms in total. The van der Waals surface area contributed by atoms with Crippen LogP contribution in [0.2, 0.25) is 0 Å². The second-order valence-electron chi connectivity index (χ2n) is 4.70. The first-order valence-electron chi connectivity index (χ1n) is 5.75. The van der Waals surface area contributed by atoms with Gasteiger partial charge < -0.3 is 4.79 Å². The highest BCUT2D eigenvalue weighted by molar-refractivity contribution is 5.76. The summed E-state index contributed by atoms with van der Waals surface area (Å²) < 4.78 is 0. The van der Waals surface area contributed by atoms with Crippen LogP contribution < -0.4 is 0 Å². The van der Waals surface area contributed by atoms with Crippen LogP contribution in [0.25, 0.3) is 0 Å². The van der Waals surface area contributed by atoms with Crippen LogP contribution in [0.1, 0.15) is 48.8 Å². The quantitative estimate of drug-likeness (QED) is 0.718. The number of benzene rings is 1. The van der Waals surface area contributed by atoms with E-state index < -0.39 is 0 Å². The summed E-state index contributed by atoms with van der Waals surface area (Å²) in [4.78, 5) is 11.2. The molecule has 1 unspecified atom stereocenters. The Morgan fingerprint density at radius 2 is 2.27 bits per heavy atom. The van der Waals surface area contributed by atoms with Gasteiger partial charge in [0.15, 0.2) is 0 Å². The van der Waals surface area contributed by atoms with E-state index in [1.807, 2.05) is 0 Å². The van der Waals surface area contributed by atoms with Gasteiger partial charge in [-0.1, -0.05) is 23.8 Å². The van der Waals surface area contributed by atoms with E-state index in [1.165, 1.54) is 36.0 Å². The van der Waals surface area contributed by atoms with Crippen molar-refractivity contribution < 1.29 is 4.79 Å². The molecule has 0 aromatic heterocycles. The standard InChI is InChI=1S/C14H18O/c1-10-6-7-12-4-3-5-13(9-11(2)15)14(12)8-10/h6-8,13H,3-5,9H2,1-2H3. The summed E-state index contributed by atoms with van der Waals surface area (Å²) in [5, 5.41) is 0. The second-order valence-corrected chi connectivity index (χ2v) is 4.70. The molecule has 1 aromatic rings. The Kier molecular flexibility index (Phi) is 2.90. The third kappa shape index (κ3) is 2.28. The van der Waals surface area contributed by atoms with Crippen LogP contribution in [0.3, 0.4) is 0 Å². The average molecular weight is 202 g/mol. The third-order valence-electron chi connectivity index (χ3n) is 3.27. The second kappa shape index (κ2) is 4.18. The molecule has 0 heterocycles. The lowest BCUT2D eigenvalue weighted by atomic mass is 9.80. The fourth-order valence-electron chi connectivity index (χ4n) is 2.58. The van der Waals surface area contributed by atoms with Gasteiger partial charge in [0.25, 0.3) is 0 Å². The Hall–Kier alpha value is -1.11. The number of hydrogen-bond donors (Lipinski definition) is 0. The molecule has 0 aliphatic heterocycles. The fraction of sp³-hybridized carbons (Fsp3) is 0.500. The predicted octanol–water partition coefficient (Wildman–Crippen LogP) is 3.39. The van der Waals surface area contributed by atoms with Crippen LogP contribution in [-0.4, -0.2) is 5.78 Å². The molecule has 1 atom stereocenters. The monoisotopic (exact) mass is 202 g/mol. The number of carbonyl (C=O) groups is 1. The molecule has 0 amide bonds. The van der Waals surface area contributed by atoms with Crippen LogP contribution in [0, 0.1) is 6.92 Å². The predicted molar refractivity (Wildman–Crippen MR) is 62.2 cm³/mol. The molecule has 1 aromatic carbocycles. The zero-order chi connectivity index (χ0) is 10.8. The van der Waals surface area contributed by atoms with E-state index in [1.54, 1.807) is 6.92 Å². The lowest BCUT2D eigenvalue weighted by molar-refractivity contribution is -0.117. The summed E-state index contributed by atoms with van der Waals surface area (Å²) in [5.74, 6) is 0.792. The topological polar surface area (TPSA) is 17.1 Å². The van der Waals surface area contributed by atoms with Gasteiger partial charge >= 0.3 is 0 Å². The Labute approximate surface area is 91.5 Å². The maximum absolute atomic E-state index is 11.2. The highest BCUT2D eigenvalue weighted by atomic mass is 16.1. The minimum absolute atomic E-state index is 0.314. The Balaban J connectivity index is 2.32. The summed E-state index contributed by atoms with van der Waals surface area (Å²) in [6.45, 7) is 3.82. The van der Waals surface area contributed by atoms with Crippen LogP contribution in [0.5, 0.6) is 0 Å². The van der Waals surface area contributed by atoms with Crippen molar-refractivity contribution in [1.82, 2.24) is 0 Å². The molecule has 0 saturated carbocycles. The van der Waals surface area contributed by atoms with Gasteiger partial charge in [-0.15, -0.1) is 0 Å². The van der Waals surface area contributed by atoms with Gasteiger partial charge in [-0.2, -0.15) is 0 Å². The van der Waals surface area contributed by atoms with E-state index in [9.17, 15) is 4.79 Å². The zero-order valence-electron chi connectivity index (χ0n) is 9.55. The summed E-state index contributed by atoms with van der Waals surface area (Å²) in [6, 6.07) is 6.67. The van der Waals surface area contributed by atoms with Crippen LogP contribution in [-0.2, 0) is 11.2 Å². The number of hydrogen-bond acceptors (Lipinski definition) is 1. The van der Waals surface area contributed by atoms with Crippen molar-refractivity contribution in [2.24, 2.45) is 0 Å². The van der Waals surface area contributed by atoms with Crippen molar-refractivity contribution in [3.8, 4) is 0 Å². The Morgan fingerprint density at radius 3 is 3.00 bits per heavy atom. The number of aryl methyl sites for hydroxylation is 2. The highest BCUT2D eigenvalue weighted by Crippen LogP contribution is 2.34. The number of rotatable bonds is 2. The molecule has 2 rings (SSSR count). The van der Waals surface area contributed by atoms with Crippen molar-refractivity contribution in [1.29, 1.82) is 0 Å². The van der Waals surface area contributed by atoms with Crippen LogP contribution in [0.15, 0.2) is 18.2 Å². The Bertz CT molecular complexity index is 379. The summed E-state index contributed by atoms with van der Waals surface area (Å²) in [7, 11) is 0. The van der Waals surface area contributed by atoms with Gasteiger partial charge in [0, 0.05) is 6.42 Å². The lowest BCUT2D eigenvalue weighted by Gasteiger charge is -2.25. The summed E-state index contributed by atoms with van der Waals surface area (Å²) in [6.07, 6.45) is 4.31. The first-order chi connectivity index (χ1) is 7.16. The largest absolute Gasteiger partial charge is 0.300 e. The van der Waals surface area contributed by atoms with Crippen molar-refractivity contribution in [3.63, 3.8) is 0 Å². The number of carbonyl (C=O) groups excluding carboxylic acids is 1. The third-order valence-corrected chi connectivity index (χ3v) is 3.27. The minimum Gasteiger partial charge on any atom is -0.300 e. The molecular weight excluding hydrogens is 184 g/mol. The van der Waals surface area contributed by atoms with E-state index in [2.05, 4.69) is 25.1 Å². The van der Waals surface area contributed by atoms with Gasteiger partial charge in [0.1, 0.15) is 5.78 Å². The number of Topliss-reactive ketones (excluding diaryl/α,β-unsaturated/α-hetero) is 1. The molecule has 0 N–H and O–H groups in total. The van der Waals surface area contributed by atoms with Crippen molar-refractivity contribution >= 4 is 5.78 Å². The molecule has 15 heavy (non-hydrogen) atoms. The van der Waals surface area contributed by atoms with Gasteiger partial charge in [-0.25, -0.2) is 0 Å².